The first-order chi connectivity index (χ1) is 8.16. The molecule has 0 aromatic heterocycles. The number of carbonyl (C=O) groups is 1. The Hall–Kier alpha value is -1.06. The summed E-state index contributed by atoms with van der Waals surface area (Å²) in [4.78, 5) is 11.3. The van der Waals surface area contributed by atoms with Gasteiger partial charge in [0.15, 0.2) is 0 Å². The average Bonchev–Trinajstić information content (AvgIpc) is 2.80. The Kier molecular flexibility index (Phi) is 4.02. The van der Waals surface area contributed by atoms with E-state index < -0.39 is 11.9 Å². The standard InChI is InChI=1S/C13H15ClO3/c14-11-3-1-10(2-4-11)12(13(15)16)7-9-5-6-17-8-9/h1-4,9,12H,5-8H2,(H,15,16). The molecule has 1 aliphatic rings. The molecule has 1 fully saturated rings. The van der Waals surface area contributed by atoms with Gasteiger partial charge in [-0.2, -0.15) is 0 Å². The maximum Gasteiger partial charge on any atom is 0.310 e. The lowest BCUT2D eigenvalue weighted by Gasteiger charge is -2.16. The first-order valence-corrected chi connectivity index (χ1v) is 6.10. The minimum Gasteiger partial charge on any atom is -0.481 e. The van der Waals surface area contributed by atoms with Crippen molar-refractivity contribution in [1.82, 2.24) is 0 Å². The van der Waals surface area contributed by atoms with E-state index in [2.05, 4.69) is 0 Å². The van der Waals surface area contributed by atoms with E-state index in [4.69, 9.17) is 16.3 Å². The van der Waals surface area contributed by atoms with Crippen LogP contribution in [0.5, 0.6) is 0 Å². The second-order valence-electron chi connectivity index (χ2n) is 4.41. The summed E-state index contributed by atoms with van der Waals surface area (Å²) >= 11 is 5.80. The van der Waals surface area contributed by atoms with Crippen molar-refractivity contribution >= 4 is 17.6 Å². The molecule has 1 N–H and O–H groups in total. The van der Waals surface area contributed by atoms with E-state index in [1.807, 2.05) is 0 Å². The summed E-state index contributed by atoms with van der Waals surface area (Å²) in [6, 6.07) is 7.05. The molecule has 17 heavy (non-hydrogen) atoms. The number of carboxylic acid groups (broad SMARTS) is 1. The van der Waals surface area contributed by atoms with Crippen molar-refractivity contribution in [3.05, 3.63) is 34.9 Å². The van der Waals surface area contributed by atoms with Crippen LogP contribution in [0.15, 0.2) is 24.3 Å². The number of aliphatic carboxylic acids is 1. The largest absolute Gasteiger partial charge is 0.481 e. The molecule has 3 nitrogen and oxygen atoms in total. The van der Waals surface area contributed by atoms with Gasteiger partial charge >= 0.3 is 5.97 Å². The van der Waals surface area contributed by atoms with Gasteiger partial charge < -0.3 is 9.84 Å². The van der Waals surface area contributed by atoms with Crippen LogP contribution in [0.4, 0.5) is 0 Å². The zero-order valence-corrected chi connectivity index (χ0v) is 10.2. The van der Waals surface area contributed by atoms with Gasteiger partial charge in [0, 0.05) is 18.2 Å². The predicted molar refractivity (Wildman–Crippen MR) is 65.4 cm³/mol. The molecule has 92 valence electrons. The topological polar surface area (TPSA) is 46.5 Å². The summed E-state index contributed by atoms with van der Waals surface area (Å²) in [5, 5.41) is 9.91. The molecular formula is C13H15ClO3. The minimum absolute atomic E-state index is 0.353. The van der Waals surface area contributed by atoms with Gasteiger partial charge in [0.05, 0.1) is 5.92 Å². The van der Waals surface area contributed by atoms with E-state index in [-0.39, 0.29) is 0 Å². The quantitative estimate of drug-likeness (QED) is 0.899. The van der Waals surface area contributed by atoms with Gasteiger partial charge in [0.25, 0.3) is 0 Å². The van der Waals surface area contributed by atoms with Gasteiger partial charge in [-0.15, -0.1) is 0 Å². The molecule has 1 saturated heterocycles. The zero-order valence-electron chi connectivity index (χ0n) is 9.43. The first-order valence-electron chi connectivity index (χ1n) is 5.73. The highest BCUT2D eigenvalue weighted by Crippen LogP contribution is 2.29. The molecular weight excluding hydrogens is 240 g/mol. The van der Waals surface area contributed by atoms with Crippen LogP contribution in [0.1, 0.15) is 24.3 Å². The Morgan fingerprint density at radius 1 is 1.47 bits per heavy atom. The van der Waals surface area contributed by atoms with Crippen LogP contribution in [0.3, 0.4) is 0 Å². The summed E-state index contributed by atoms with van der Waals surface area (Å²) in [5.41, 5.74) is 0.814. The van der Waals surface area contributed by atoms with Crippen molar-refractivity contribution in [2.45, 2.75) is 18.8 Å². The highest BCUT2D eigenvalue weighted by molar-refractivity contribution is 6.30. The van der Waals surface area contributed by atoms with Gasteiger partial charge in [-0.25, -0.2) is 0 Å². The number of ether oxygens (including phenoxy) is 1. The summed E-state index contributed by atoms with van der Waals surface area (Å²) < 4.78 is 5.28. The molecule has 1 heterocycles. The number of halogens is 1. The molecule has 0 bridgehead atoms. The van der Waals surface area contributed by atoms with E-state index >= 15 is 0 Å². The minimum atomic E-state index is -0.778. The number of hydrogen-bond acceptors (Lipinski definition) is 2. The van der Waals surface area contributed by atoms with Gasteiger partial charge in [0.2, 0.25) is 0 Å². The Bertz CT molecular complexity index is 382. The molecule has 2 atom stereocenters. The zero-order chi connectivity index (χ0) is 12.3. The predicted octanol–water partition coefficient (Wildman–Crippen LogP) is 2.93. The number of carboxylic acids is 1. The third-order valence-electron chi connectivity index (χ3n) is 3.16. The molecule has 0 saturated carbocycles. The lowest BCUT2D eigenvalue weighted by molar-refractivity contribution is -0.139. The highest BCUT2D eigenvalue weighted by Gasteiger charge is 2.26. The maximum atomic E-state index is 11.3. The van der Waals surface area contributed by atoms with Gasteiger partial charge in [-0.05, 0) is 36.5 Å². The smallest absolute Gasteiger partial charge is 0.310 e. The van der Waals surface area contributed by atoms with Gasteiger partial charge in [-0.1, -0.05) is 23.7 Å². The monoisotopic (exact) mass is 254 g/mol. The molecule has 1 aliphatic heterocycles. The number of rotatable bonds is 4. The van der Waals surface area contributed by atoms with Crippen LogP contribution < -0.4 is 0 Å². The van der Waals surface area contributed by atoms with Crippen molar-refractivity contribution in [2.75, 3.05) is 13.2 Å². The van der Waals surface area contributed by atoms with Crippen LogP contribution in [0.25, 0.3) is 0 Å². The normalized spacial score (nSPS) is 21.4. The van der Waals surface area contributed by atoms with Crippen molar-refractivity contribution in [3.63, 3.8) is 0 Å². The van der Waals surface area contributed by atoms with E-state index in [0.717, 1.165) is 18.6 Å². The van der Waals surface area contributed by atoms with Gasteiger partial charge in [0.1, 0.15) is 0 Å². The highest BCUT2D eigenvalue weighted by atomic mass is 35.5. The summed E-state index contributed by atoms with van der Waals surface area (Å²) in [6.45, 7) is 1.43. The molecule has 2 unspecified atom stereocenters. The van der Waals surface area contributed by atoms with Crippen molar-refractivity contribution in [1.29, 1.82) is 0 Å². The van der Waals surface area contributed by atoms with Crippen LogP contribution >= 0.6 is 11.6 Å². The third kappa shape index (κ3) is 3.20. The Balaban J connectivity index is 2.10. The van der Waals surface area contributed by atoms with Crippen LogP contribution in [-0.4, -0.2) is 24.3 Å². The summed E-state index contributed by atoms with van der Waals surface area (Å²) in [5.74, 6) is -0.884. The fourth-order valence-corrected chi connectivity index (χ4v) is 2.30. The van der Waals surface area contributed by atoms with Crippen molar-refractivity contribution < 1.29 is 14.6 Å². The molecule has 1 aromatic rings. The SMILES string of the molecule is O=C(O)C(CC1CCOC1)c1ccc(Cl)cc1. The second kappa shape index (κ2) is 5.52. The third-order valence-corrected chi connectivity index (χ3v) is 3.42. The molecule has 0 aliphatic carbocycles. The average molecular weight is 255 g/mol. The lowest BCUT2D eigenvalue weighted by Crippen LogP contribution is -2.16. The fraction of sp³-hybridized carbons (Fsp3) is 0.462. The van der Waals surface area contributed by atoms with E-state index in [1.165, 1.54) is 0 Å². The van der Waals surface area contributed by atoms with E-state index in [0.29, 0.717) is 24.0 Å². The van der Waals surface area contributed by atoms with E-state index in [9.17, 15) is 9.90 Å². The first kappa shape index (κ1) is 12.4. The summed E-state index contributed by atoms with van der Waals surface area (Å²) in [7, 11) is 0. The summed E-state index contributed by atoms with van der Waals surface area (Å²) in [6.07, 6.45) is 1.59. The fourth-order valence-electron chi connectivity index (χ4n) is 2.18. The molecule has 1 aromatic carbocycles. The molecule has 0 amide bonds. The molecule has 4 heteroatoms. The lowest BCUT2D eigenvalue weighted by atomic mass is 9.88. The Labute approximate surface area is 105 Å². The Morgan fingerprint density at radius 2 is 2.18 bits per heavy atom. The van der Waals surface area contributed by atoms with E-state index in [1.54, 1.807) is 24.3 Å². The van der Waals surface area contributed by atoms with Crippen molar-refractivity contribution in [2.24, 2.45) is 5.92 Å². The Morgan fingerprint density at radius 3 is 2.71 bits per heavy atom. The second-order valence-corrected chi connectivity index (χ2v) is 4.84. The van der Waals surface area contributed by atoms with Crippen LogP contribution in [0.2, 0.25) is 5.02 Å². The molecule has 0 spiro atoms. The number of benzene rings is 1. The maximum absolute atomic E-state index is 11.3. The molecule has 2 rings (SSSR count). The van der Waals surface area contributed by atoms with Crippen LogP contribution in [-0.2, 0) is 9.53 Å². The van der Waals surface area contributed by atoms with Crippen LogP contribution in [0, 0.1) is 5.92 Å². The number of hydrogen-bond donors (Lipinski definition) is 1. The van der Waals surface area contributed by atoms with Gasteiger partial charge in [-0.3, -0.25) is 4.79 Å². The van der Waals surface area contributed by atoms with Crippen molar-refractivity contribution in [3.8, 4) is 0 Å². The molecule has 0 radical (unpaired) electrons.